The fourth-order valence-electron chi connectivity index (χ4n) is 2.45. The van der Waals surface area contributed by atoms with E-state index < -0.39 is 0 Å². The van der Waals surface area contributed by atoms with E-state index in [1.165, 1.54) is 45.1 Å². The van der Waals surface area contributed by atoms with Gasteiger partial charge in [0.15, 0.2) is 0 Å². The molecular formula is C16H20Cl2S2. The van der Waals surface area contributed by atoms with Crippen LogP contribution in [0.5, 0.6) is 0 Å². The summed E-state index contributed by atoms with van der Waals surface area (Å²) in [5, 5.41) is 0. The van der Waals surface area contributed by atoms with Crippen molar-refractivity contribution in [2.75, 3.05) is 0 Å². The van der Waals surface area contributed by atoms with E-state index in [1.54, 1.807) is 0 Å². The molecule has 20 heavy (non-hydrogen) atoms. The van der Waals surface area contributed by atoms with Crippen molar-refractivity contribution >= 4 is 45.9 Å². The van der Waals surface area contributed by atoms with E-state index >= 15 is 0 Å². The zero-order valence-electron chi connectivity index (χ0n) is 12.1. The van der Waals surface area contributed by atoms with E-state index in [4.69, 9.17) is 23.2 Å². The summed E-state index contributed by atoms with van der Waals surface area (Å²) in [6.45, 7) is 6.69. The highest BCUT2D eigenvalue weighted by molar-refractivity contribution is 7.20. The van der Waals surface area contributed by atoms with Gasteiger partial charge in [-0.3, -0.25) is 0 Å². The summed E-state index contributed by atoms with van der Waals surface area (Å²) < 4.78 is 1.64. The normalized spacial score (nSPS) is 12.8. The second kappa shape index (κ2) is 7.31. The first kappa shape index (κ1) is 16.4. The molecule has 4 heteroatoms. The average molecular weight is 347 g/mol. The van der Waals surface area contributed by atoms with Crippen molar-refractivity contribution in [2.24, 2.45) is 0 Å². The van der Waals surface area contributed by atoms with Crippen LogP contribution in [0.1, 0.15) is 53.5 Å². The molecule has 0 aliphatic heterocycles. The second-order valence-electron chi connectivity index (χ2n) is 5.22. The second-order valence-corrected chi connectivity index (χ2v) is 8.85. The molecule has 0 bridgehead atoms. The Morgan fingerprint density at radius 3 is 2.50 bits per heavy atom. The third kappa shape index (κ3) is 4.00. The first-order chi connectivity index (χ1) is 9.51. The summed E-state index contributed by atoms with van der Waals surface area (Å²) in [4.78, 5) is 2.98. The fraction of sp³-hybridized carbons (Fsp3) is 0.500. The van der Waals surface area contributed by atoms with Gasteiger partial charge in [-0.2, -0.15) is 0 Å². The molecule has 0 radical (unpaired) electrons. The van der Waals surface area contributed by atoms with Gasteiger partial charge in [0, 0.05) is 9.75 Å². The monoisotopic (exact) mass is 346 g/mol. The Labute approximate surface area is 139 Å². The number of aryl methyl sites for hydroxylation is 3. The molecule has 0 fully saturated rings. The largest absolute Gasteiger partial charge is 0.145 e. The van der Waals surface area contributed by atoms with Crippen LogP contribution in [0.15, 0.2) is 12.1 Å². The predicted octanol–water partition coefficient (Wildman–Crippen LogP) is 7.11. The van der Waals surface area contributed by atoms with Crippen LogP contribution in [-0.2, 0) is 12.8 Å². The molecule has 0 aliphatic rings. The maximum absolute atomic E-state index is 6.22. The number of hydrogen-bond acceptors (Lipinski definition) is 2. The highest BCUT2D eigenvalue weighted by Crippen LogP contribution is 2.37. The molecule has 2 aromatic heterocycles. The summed E-state index contributed by atoms with van der Waals surface area (Å²) in [6.07, 6.45) is 4.67. The zero-order chi connectivity index (χ0) is 14.7. The minimum Gasteiger partial charge on any atom is -0.145 e. The third-order valence-electron chi connectivity index (χ3n) is 3.72. The van der Waals surface area contributed by atoms with Gasteiger partial charge in [0.1, 0.15) is 0 Å². The molecule has 0 aliphatic carbocycles. The Hall–Kier alpha value is -0.0200. The number of hydrogen-bond donors (Lipinski definition) is 0. The standard InChI is InChI=1S/C16H20Cl2S2/c1-4-13-8-12(11(3)19-13)7-5-6-10(2)14-9-15(17)20-16(14)18/h8-10H,4-7H2,1-3H3. The molecule has 0 saturated heterocycles. The van der Waals surface area contributed by atoms with E-state index in [0.29, 0.717) is 5.92 Å². The molecule has 1 atom stereocenters. The van der Waals surface area contributed by atoms with E-state index in [-0.39, 0.29) is 0 Å². The highest BCUT2D eigenvalue weighted by Gasteiger charge is 2.13. The number of thiophene rings is 2. The Morgan fingerprint density at radius 2 is 1.95 bits per heavy atom. The van der Waals surface area contributed by atoms with Gasteiger partial charge in [0.2, 0.25) is 0 Å². The van der Waals surface area contributed by atoms with Crippen molar-refractivity contribution in [3.8, 4) is 0 Å². The topological polar surface area (TPSA) is 0 Å². The first-order valence-electron chi connectivity index (χ1n) is 7.04. The lowest BCUT2D eigenvalue weighted by atomic mass is 9.96. The predicted molar refractivity (Wildman–Crippen MR) is 94.1 cm³/mol. The van der Waals surface area contributed by atoms with E-state index in [0.717, 1.165) is 21.5 Å². The SMILES string of the molecule is CCc1cc(CCCC(C)c2cc(Cl)sc2Cl)c(C)s1. The molecule has 110 valence electrons. The van der Waals surface area contributed by atoms with Gasteiger partial charge in [-0.25, -0.2) is 0 Å². The van der Waals surface area contributed by atoms with Crippen LogP contribution < -0.4 is 0 Å². The molecule has 0 nitrogen and oxygen atoms in total. The lowest BCUT2D eigenvalue weighted by Crippen LogP contribution is -1.94. The Morgan fingerprint density at radius 1 is 1.20 bits per heavy atom. The van der Waals surface area contributed by atoms with Crippen molar-refractivity contribution in [1.29, 1.82) is 0 Å². The van der Waals surface area contributed by atoms with Crippen molar-refractivity contribution in [1.82, 2.24) is 0 Å². The Bertz CT molecular complexity index is 569. The third-order valence-corrected chi connectivity index (χ3v) is 6.47. The summed E-state index contributed by atoms with van der Waals surface area (Å²) in [7, 11) is 0. The quantitative estimate of drug-likeness (QED) is 0.522. The van der Waals surface area contributed by atoms with Crippen molar-refractivity contribution in [3.05, 3.63) is 41.7 Å². The summed E-state index contributed by atoms with van der Waals surface area (Å²) in [6, 6.07) is 4.39. The van der Waals surface area contributed by atoms with Gasteiger partial charge in [-0.15, -0.1) is 22.7 Å². The van der Waals surface area contributed by atoms with Gasteiger partial charge < -0.3 is 0 Å². The van der Waals surface area contributed by atoms with Gasteiger partial charge in [-0.05, 0) is 61.8 Å². The van der Waals surface area contributed by atoms with Crippen LogP contribution in [0.3, 0.4) is 0 Å². The molecule has 0 saturated carbocycles. The van der Waals surface area contributed by atoms with Crippen LogP contribution in [0.25, 0.3) is 0 Å². The van der Waals surface area contributed by atoms with Crippen LogP contribution in [0, 0.1) is 6.92 Å². The van der Waals surface area contributed by atoms with Crippen LogP contribution in [-0.4, -0.2) is 0 Å². The molecule has 1 unspecified atom stereocenters. The van der Waals surface area contributed by atoms with Crippen LogP contribution in [0.4, 0.5) is 0 Å². The van der Waals surface area contributed by atoms with Gasteiger partial charge in [-0.1, -0.05) is 37.0 Å². The lowest BCUT2D eigenvalue weighted by Gasteiger charge is -2.10. The maximum atomic E-state index is 6.22. The van der Waals surface area contributed by atoms with E-state index in [2.05, 4.69) is 26.8 Å². The number of halogens is 2. The van der Waals surface area contributed by atoms with Crippen molar-refractivity contribution in [2.45, 2.75) is 52.4 Å². The van der Waals surface area contributed by atoms with E-state index in [1.807, 2.05) is 17.4 Å². The molecule has 0 amide bonds. The van der Waals surface area contributed by atoms with E-state index in [9.17, 15) is 0 Å². The first-order valence-corrected chi connectivity index (χ1v) is 9.43. The van der Waals surface area contributed by atoms with Crippen molar-refractivity contribution in [3.63, 3.8) is 0 Å². The Kier molecular flexibility index (Phi) is 5.97. The molecular weight excluding hydrogens is 327 g/mol. The summed E-state index contributed by atoms with van der Waals surface area (Å²) in [5.41, 5.74) is 2.73. The van der Waals surface area contributed by atoms with Crippen LogP contribution >= 0.6 is 45.9 Å². The van der Waals surface area contributed by atoms with Gasteiger partial charge in [0.25, 0.3) is 0 Å². The minimum absolute atomic E-state index is 0.482. The van der Waals surface area contributed by atoms with Crippen molar-refractivity contribution < 1.29 is 0 Å². The average Bonchev–Trinajstić information content (AvgIpc) is 2.92. The zero-order valence-corrected chi connectivity index (χ0v) is 15.3. The molecule has 2 heterocycles. The molecule has 2 aromatic rings. The van der Waals surface area contributed by atoms with Gasteiger partial charge in [0.05, 0.1) is 8.67 Å². The lowest BCUT2D eigenvalue weighted by molar-refractivity contribution is 0.635. The molecule has 0 spiro atoms. The summed E-state index contributed by atoms with van der Waals surface area (Å²) >= 11 is 15.6. The highest BCUT2D eigenvalue weighted by atomic mass is 35.5. The summed E-state index contributed by atoms with van der Waals surface area (Å²) in [5.74, 6) is 0.482. The maximum Gasteiger partial charge on any atom is 0.0978 e. The number of rotatable bonds is 6. The van der Waals surface area contributed by atoms with Gasteiger partial charge >= 0.3 is 0 Å². The smallest absolute Gasteiger partial charge is 0.0978 e. The minimum atomic E-state index is 0.482. The molecule has 0 aromatic carbocycles. The fourth-order valence-corrected chi connectivity index (χ4v) is 5.18. The molecule has 0 N–H and O–H groups in total. The molecule has 2 rings (SSSR count). The Balaban J connectivity index is 1.89. The van der Waals surface area contributed by atoms with Crippen LogP contribution in [0.2, 0.25) is 8.67 Å².